The molecule has 0 radical (unpaired) electrons. The maximum atomic E-state index is 13.8. The molecule has 0 aliphatic rings. The molecule has 0 saturated carbocycles. The van der Waals surface area contributed by atoms with Gasteiger partial charge in [-0.05, 0) is 49.1 Å². The third-order valence-electron chi connectivity index (χ3n) is 8.77. The Morgan fingerprint density at radius 3 is 1.50 bits per heavy atom. The Bertz CT molecular complexity index is 1900. The minimum atomic E-state index is -1.33. The Hall–Kier alpha value is -6.82. The number of phenolic OH excluding ortho intramolecular Hbond substituents is 1. The summed E-state index contributed by atoms with van der Waals surface area (Å²) in [5, 5.41) is 42.9. The highest BCUT2D eigenvalue weighted by atomic mass is 16.4. The van der Waals surface area contributed by atoms with Gasteiger partial charge in [-0.2, -0.15) is 0 Å². The van der Waals surface area contributed by atoms with Gasteiger partial charge in [-0.25, -0.2) is 0 Å². The van der Waals surface area contributed by atoms with Crippen molar-refractivity contribution in [3.63, 3.8) is 0 Å². The first-order valence-electron chi connectivity index (χ1n) is 18.4. The number of aliphatic carboxylic acids is 2. The Labute approximate surface area is 334 Å². The normalized spacial score (nSPS) is 13.8. The third kappa shape index (κ3) is 15.7. The van der Waals surface area contributed by atoms with E-state index in [0.29, 0.717) is 16.7 Å². The van der Waals surface area contributed by atoms with Crippen molar-refractivity contribution in [2.24, 2.45) is 5.73 Å². The zero-order valence-electron chi connectivity index (χ0n) is 32.0. The van der Waals surface area contributed by atoms with E-state index < -0.39 is 90.2 Å². The highest BCUT2D eigenvalue weighted by Crippen LogP contribution is 2.13. The molecule has 6 amide bonds. The summed E-state index contributed by atoms with van der Waals surface area (Å²) in [4.78, 5) is 102. The van der Waals surface area contributed by atoms with E-state index in [2.05, 4.69) is 31.9 Å². The smallest absolute Gasteiger partial charge is 0.325 e. The van der Waals surface area contributed by atoms with E-state index >= 15 is 0 Å². The number of amides is 6. The second-order valence-electron chi connectivity index (χ2n) is 13.5. The number of aromatic hydroxyl groups is 1. The molecular weight excluding hydrogens is 754 g/mol. The molecule has 3 aromatic rings. The van der Waals surface area contributed by atoms with E-state index in [0.717, 1.165) is 0 Å². The van der Waals surface area contributed by atoms with E-state index in [1.165, 1.54) is 38.1 Å². The number of nitrogens with two attached hydrogens (primary N) is 1. The summed E-state index contributed by atoms with van der Waals surface area (Å²) in [6, 6.07) is 15.6. The summed E-state index contributed by atoms with van der Waals surface area (Å²) in [7, 11) is 0. The molecule has 0 spiro atoms. The maximum Gasteiger partial charge on any atom is 0.325 e. The molecule has 18 nitrogen and oxygen atoms in total. The lowest BCUT2D eigenvalue weighted by Crippen LogP contribution is -2.58. The molecular formula is C40H49N7O11. The van der Waals surface area contributed by atoms with Crippen molar-refractivity contribution < 1.29 is 53.7 Å². The SMILES string of the molecule is C[C@H](NC(=O)[C@H](Cc1ccccc1)NC(=O)[C@H](C)NC(=O)CNC(=O)[C@H](Cc1ccc(O)cc1)NC(=O)[C@H](Cc1ccccc1)NC(=O)[C@@H](N)CCC(=O)O)C(=O)O. The number of hydrogen-bond acceptors (Lipinski definition) is 10. The molecule has 58 heavy (non-hydrogen) atoms. The van der Waals surface area contributed by atoms with E-state index in [1.807, 2.05) is 0 Å². The molecule has 0 aromatic heterocycles. The van der Waals surface area contributed by atoms with Crippen LogP contribution in [0.1, 0.15) is 43.4 Å². The minimum Gasteiger partial charge on any atom is -0.508 e. The third-order valence-corrected chi connectivity index (χ3v) is 8.77. The molecule has 6 atom stereocenters. The molecule has 0 aliphatic heterocycles. The molecule has 0 aliphatic carbocycles. The number of carbonyl (C=O) groups excluding carboxylic acids is 6. The van der Waals surface area contributed by atoms with Crippen LogP contribution in [0.15, 0.2) is 84.9 Å². The van der Waals surface area contributed by atoms with Gasteiger partial charge in [0.2, 0.25) is 35.4 Å². The number of hydrogen-bond donors (Lipinski definition) is 10. The monoisotopic (exact) mass is 803 g/mol. The van der Waals surface area contributed by atoms with Crippen LogP contribution in [-0.2, 0) is 57.6 Å². The van der Waals surface area contributed by atoms with Crippen molar-refractivity contribution in [2.75, 3.05) is 6.54 Å². The number of phenols is 1. The summed E-state index contributed by atoms with van der Waals surface area (Å²) in [6.45, 7) is 1.96. The summed E-state index contributed by atoms with van der Waals surface area (Å²) < 4.78 is 0. The fourth-order valence-corrected chi connectivity index (χ4v) is 5.48. The molecule has 0 unspecified atom stereocenters. The highest BCUT2D eigenvalue weighted by molar-refractivity contribution is 5.96. The van der Waals surface area contributed by atoms with Crippen LogP contribution in [0.5, 0.6) is 5.75 Å². The molecule has 18 heteroatoms. The molecule has 310 valence electrons. The lowest BCUT2D eigenvalue weighted by molar-refractivity contribution is -0.141. The summed E-state index contributed by atoms with van der Waals surface area (Å²) in [5.74, 6) is -7.21. The van der Waals surface area contributed by atoms with Gasteiger partial charge in [0.05, 0.1) is 12.6 Å². The number of rotatable bonds is 22. The van der Waals surface area contributed by atoms with Gasteiger partial charge in [0.1, 0.15) is 36.0 Å². The van der Waals surface area contributed by atoms with E-state index in [4.69, 9.17) is 10.8 Å². The topological polar surface area (TPSA) is 295 Å². The van der Waals surface area contributed by atoms with Gasteiger partial charge in [0, 0.05) is 25.7 Å². The van der Waals surface area contributed by atoms with Gasteiger partial charge < -0.3 is 53.0 Å². The zero-order chi connectivity index (χ0) is 42.8. The second kappa shape index (κ2) is 22.7. The number of nitrogens with one attached hydrogen (secondary N) is 6. The van der Waals surface area contributed by atoms with E-state index in [-0.39, 0.29) is 37.9 Å². The van der Waals surface area contributed by atoms with Crippen molar-refractivity contribution in [3.05, 3.63) is 102 Å². The predicted molar refractivity (Wildman–Crippen MR) is 209 cm³/mol. The Morgan fingerprint density at radius 2 is 1.00 bits per heavy atom. The number of carboxylic acid groups (broad SMARTS) is 2. The molecule has 11 N–H and O–H groups in total. The first kappa shape index (κ1) is 45.6. The first-order chi connectivity index (χ1) is 27.5. The largest absolute Gasteiger partial charge is 0.508 e. The Morgan fingerprint density at radius 1 is 0.552 bits per heavy atom. The molecule has 0 fully saturated rings. The Balaban J connectivity index is 1.71. The summed E-state index contributed by atoms with van der Waals surface area (Å²) >= 11 is 0. The molecule has 0 bridgehead atoms. The number of benzene rings is 3. The predicted octanol–water partition coefficient (Wildman–Crippen LogP) is -0.723. The zero-order valence-corrected chi connectivity index (χ0v) is 32.0. The van der Waals surface area contributed by atoms with Crippen molar-refractivity contribution in [2.45, 2.75) is 82.2 Å². The van der Waals surface area contributed by atoms with Crippen LogP contribution in [0.2, 0.25) is 0 Å². The van der Waals surface area contributed by atoms with E-state index in [9.17, 15) is 48.6 Å². The van der Waals surface area contributed by atoms with Crippen molar-refractivity contribution in [3.8, 4) is 5.75 Å². The van der Waals surface area contributed by atoms with E-state index in [1.54, 1.807) is 60.7 Å². The molecule has 0 heterocycles. The van der Waals surface area contributed by atoms with Gasteiger partial charge >= 0.3 is 11.9 Å². The quantitative estimate of drug-likeness (QED) is 0.0602. The molecule has 3 aromatic carbocycles. The average Bonchev–Trinajstić information content (AvgIpc) is 3.19. The summed E-state index contributed by atoms with van der Waals surface area (Å²) in [5.41, 5.74) is 7.73. The van der Waals surface area contributed by atoms with Crippen LogP contribution >= 0.6 is 0 Å². The Kier molecular flexibility index (Phi) is 17.8. The average molecular weight is 804 g/mol. The molecule has 0 saturated heterocycles. The van der Waals surface area contributed by atoms with Gasteiger partial charge in [-0.1, -0.05) is 72.8 Å². The maximum absolute atomic E-state index is 13.8. The fourth-order valence-electron chi connectivity index (χ4n) is 5.48. The highest BCUT2D eigenvalue weighted by Gasteiger charge is 2.30. The van der Waals surface area contributed by atoms with Crippen LogP contribution in [0, 0.1) is 0 Å². The standard InChI is InChI=1S/C40H49N7O11/c1-23(35(52)45-31(19-25-9-5-3-6-10-25)38(55)44-24(2)40(57)58)43-33(49)22-42-37(54)30(21-27-13-15-28(48)16-14-27)47-39(56)32(20-26-11-7-4-8-12-26)46-36(53)29(41)17-18-34(50)51/h3-16,23-24,29-32,48H,17-22,41H2,1-2H3,(H,42,54)(H,43,49)(H,44,55)(H,45,52)(H,46,53)(H,47,56)(H,50,51)(H,57,58)/t23-,24-,29-,30-,31-,32-/m0/s1. The minimum absolute atomic E-state index is 0.0169. The van der Waals surface area contributed by atoms with Crippen LogP contribution in [0.25, 0.3) is 0 Å². The van der Waals surface area contributed by atoms with Crippen molar-refractivity contribution in [1.29, 1.82) is 0 Å². The van der Waals surface area contributed by atoms with Crippen molar-refractivity contribution >= 4 is 47.4 Å². The lowest BCUT2D eigenvalue weighted by atomic mass is 10.0. The van der Waals surface area contributed by atoms with Gasteiger partial charge in [-0.15, -0.1) is 0 Å². The van der Waals surface area contributed by atoms with Gasteiger partial charge in [0.25, 0.3) is 0 Å². The number of carboxylic acids is 2. The van der Waals surface area contributed by atoms with Gasteiger partial charge in [-0.3, -0.25) is 38.4 Å². The lowest BCUT2D eigenvalue weighted by Gasteiger charge is -2.25. The van der Waals surface area contributed by atoms with Gasteiger partial charge in [0.15, 0.2) is 0 Å². The van der Waals surface area contributed by atoms with Crippen LogP contribution in [-0.4, -0.2) is 105 Å². The number of carbonyl (C=O) groups is 8. The summed E-state index contributed by atoms with van der Waals surface area (Å²) in [6.07, 6.45) is -0.691. The fraction of sp³-hybridized carbons (Fsp3) is 0.350. The second-order valence-corrected chi connectivity index (χ2v) is 13.5. The van der Waals surface area contributed by atoms with Crippen LogP contribution in [0.4, 0.5) is 0 Å². The van der Waals surface area contributed by atoms with Crippen LogP contribution < -0.4 is 37.6 Å². The molecule has 3 rings (SSSR count). The first-order valence-corrected chi connectivity index (χ1v) is 18.4. The van der Waals surface area contributed by atoms with Crippen molar-refractivity contribution in [1.82, 2.24) is 31.9 Å². The van der Waals surface area contributed by atoms with Crippen LogP contribution in [0.3, 0.4) is 0 Å².